The van der Waals surface area contributed by atoms with E-state index in [9.17, 15) is 0 Å². The monoisotopic (exact) mass is 312 g/mol. The molecule has 0 fully saturated rings. The fourth-order valence-electron chi connectivity index (χ4n) is 1.69. The van der Waals surface area contributed by atoms with Gasteiger partial charge in [0.1, 0.15) is 5.82 Å². The highest BCUT2D eigenvalue weighted by molar-refractivity contribution is 7.98. The first-order valence-electron chi connectivity index (χ1n) is 5.91. The quantitative estimate of drug-likeness (QED) is 0.585. The molecule has 2 rings (SSSR count). The van der Waals surface area contributed by atoms with Gasteiger partial charge in [-0.3, -0.25) is 0 Å². The molecule has 0 radical (unpaired) electrons. The zero-order chi connectivity index (χ0) is 13.8. The number of nitrogens with zero attached hydrogens (tertiary/aromatic N) is 2. The Balaban J connectivity index is 2.06. The predicted molar refractivity (Wildman–Crippen MR) is 82.1 cm³/mol. The number of alkyl halides is 1. The van der Waals surface area contributed by atoms with Gasteiger partial charge in [0.05, 0.1) is 11.1 Å². The van der Waals surface area contributed by atoms with Crippen LogP contribution in [0.2, 0.25) is 5.02 Å². The summed E-state index contributed by atoms with van der Waals surface area (Å²) in [5.74, 6) is 1.53. The minimum atomic E-state index is -0.0605. The number of hydrogen-bond acceptors (Lipinski definition) is 3. The van der Waals surface area contributed by atoms with E-state index >= 15 is 0 Å². The number of rotatable bonds is 4. The average Bonchev–Trinajstić information content (AvgIpc) is 2.36. The summed E-state index contributed by atoms with van der Waals surface area (Å²) in [6.07, 6.45) is 1.81. The van der Waals surface area contributed by atoms with Crippen molar-refractivity contribution >= 4 is 35.0 Å². The minimum absolute atomic E-state index is 0.0605. The lowest BCUT2D eigenvalue weighted by atomic mass is 10.2. The van der Waals surface area contributed by atoms with Gasteiger partial charge in [0.25, 0.3) is 0 Å². The van der Waals surface area contributed by atoms with Gasteiger partial charge in [-0.2, -0.15) is 0 Å². The molecule has 0 N–H and O–H groups in total. The highest BCUT2D eigenvalue weighted by Gasteiger charge is 2.08. The van der Waals surface area contributed by atoms with Crippen LogP contribution in [0.1, 0.15) is 29.4 Å². The molecular weight excluding hydrogens is 299 g/mol. The Morgan fingerprint density at radius 2 is 2.16 bits per heavy atom. The lowest BCUT2D eigenvalue weighted by Gasteiger charge is -2.08. The van der Waals surface area contributed by atoms with Gasteiger partial charge in [0.2, 0.25) is 0 Å². The van der Waals surface area contributed by atoms with Gasteiger partial charge < -0.3 is 0 Å². The standard InChI is InChI=1S/C14H14Cl2N2S/c1-9(15)13-7-17-14(18-10(13)2)8-19-12-5-3-4-11(16)6-12/h3-7,9H,8H2,1-2H3. The number of halogens is 2. The summed E-state index contributed by atoms with van der Waals surface area (Å²) in [4.78, 5) is 9.95. The number of hydrogen-bond donors (Lipinski definition) is 0. The van der Waals surface area contributed by atoms with Crippen molar-refractivity contribution in [2.24, 2.45) is 0 Å². The zero-order valence-corrected chi connectivity index (χ0v) is 13.1. The van der Waals surface area contributed by atoms with Crippen LogP contribution in [-0.4, -0.2) is 9.97 Å². The third-order valence-electron chi connectivity index (χ3n) is 2.66. The first-order chi connectivity index (χ1) is 9.06. The number of benzene rings is 1. The topological polar surface area (TPSA) is 25.8 Å². The maximum Gasteiger partial charge on any atom is 0.138 e. The van der Waals surface area contributed by atoms with Crippen LogP contribution >= 0.6 is 35.0 Å². The van der Waals surface area contributed by atoms with Crippen LogP contribution in [0.15, 0.2) is 35.4 Å². The number of thioether (sulfide) groups is 1. The van der Waals surface area contributed by atoms with Gasteiger partial charge in [-0.25, -0.2) is 9.97 Å². The SMILES string of the molecule is Cc1nc(CSc2cccc(Cl)c2)ncc1C(C)Cl. The minimum Gasteiger partial charge on any atom is -0.240 e. The van der Waals surface area contributed by atoms with E-state index in [4.69, 9.17) is 23.2 Å². The third kappa shape index (κ3) is 4.10. The summed E-state index contributed by atoms with van der Waals surface area (Å²) >= 11 is 13.7. The van der Waals surface area contributed by atoms with Crippen molar-refractivity contribution in [1.82, 2.24) is 9.97 Å². The van der Waals surface area contributed by atoms with Crippen LogP contribution in [0.5, 0.6) is 0 Å². The van der Waals surface area contributed by atoms with Crippen molar-refractivity contribution in [3.8, 4) is 0 Å². The molecular formula is C14H14Cl2N2S. The Morgan fingerprint density at radius 3 is 2.79 bits per heavy atom. The van der Waals surface area contributed by atoms with E-state index in [1.54, 1.807) is 11.8 Å². The van der Waals surface area contributed by atoms with Crippen molar-refractivity contribution in [2.75, 3.05) is 0 Å². The Hall–Kier alpha value is -0.770. The first kappa shape index (κ1) is 14.6. The van der Waals surface area contributed by atoms with Crippen molar-refractivity contribution in [3.63, 3.8) is 0 Å². The Bertz CT molecular complexity index is 573. The van der Waals surface area contributed by atoms with Gasteiger partial charge >= 0.3 is 0 Å². The second-order valence-corrected chi connectivity index (χ2v) is 6.33. The van der Waals surface area contributed by atoms with Crippen LogP contribution < -0.4 is 0 Å². The van der Waals surface area contributed by atoms with Gasteiger partial charge in [-0.05, 0) is 32.0 Å². The maximum absolute atomic E-state index is 6.05. The molecule has 1 heterocycles. The molecule has 0 amide bonds. The molecule has 2 aromatic rings. The Kier molecular flexibility index (Phi) is 5.08. The fraction of sp³-hybridized carbons (Fsp3) is 0.286. The molecule has 0 bridgehead atoms. The molecule has 19 heavy (non-hydrogen) atoms. The first-order valence-corrected chi connectivity index (χ1v) is 7.71. The van der Waals surface area contributed by atoms with Gasteiger partial charge in [-0.15, -0.1) is 23.4 Å². The van der Waals surface area contributed by atoms with Crippen molar-refractivity contribution in [3.05, 3.63) is 52.6 Å². The Morgan fingerprint density at radius 1 is 1.37 bits per heavy atom. The fourth-order valence-corrected chi connectivity index (χ4v) is 2.98. The molecule has 100 valence electrons. The molecule has 2 nitrogen and oxygen atoms in total. The molecule has 1 aromatic heterocycles. The van der Waals surface area contributed by atoms with Crippen LogP contribution in [-0.2, 0) is 5.75 Å². The molecule has 0 saturated heterocycles. The van der Waals surface area contributed by atoms with Crippen LogP contribution in [0.3, 0.4) is 0 Å². The predicted octanol–water partition coefficient (Wildman–Crippen LogP) is 5.03. The molecule has 1 atom stereocenters. The van der Waals surface area contributed by atoms with Crippen molar-refractivity contribution in [1.29, 1.82) is 0 Å². The average molecular weight is 313 g/mol. The molecule has 0 aliphatic carbocycles. The molecule has 0 aliphatic rings. The zero-order valence-electron chi connectivity index (χ0n) is 10.7. The third-order valence-corrected chi connectivity index (χ3v) is 4.12. The van der Waals surface area contributed by atoms with Crippen LogP contribution in [0.25, 0.3) is 0 Å². The summed E-state index contributed by atoms with van der Waals surface area (Å²) in [6, 6.07) is 7.77. The highest BCUT2D eigenvalue weighted by Crippen LogP contribution is 2.25. The van der Waals surface area contributed by atoms with E-state index in [1.807, 2.05) is 44.3 Å². The molecule has 0 aliphatic heterocycles. The van der Waals surface area contributed by atoms with Gasteiger partial charge in [0, 0.05) is 27.4 Å². The Labute approximate surface area is 127 Å². The van der Waals surface area contributed by atoms with Crippen molar-refractivity contribution in [2.45, 2.75) is 29.9 Å². The van der Waals surface area contributed by atoms with Gasteiger partial charge in [0.15, 0.2) is 0 Å². The van der Waals surface area contributed by atoms with E-state index in [-0.39, 0.29) is 5.38 Å². The maximum atomic E-state index is 6.05. The van der Waals surface area contributed by atoms with E-state index in [2.05, 4.69) is 9.97 Å². The van der Waals surface area contributed by atoms with Crippen LogP contribution in [0, 0.1) is 6.92 Å². The summed E-state index contributed by atoms with van der Waals surface area (Å²) in [7, 11) is 0. The molecule has 0 saturated carbocycles. The molecule has 0 spiro atoms. The van der Waals surface area contributed by atoms with Gasteiger partial charge in [-0.1, -0.05) is 17.7 Å². The summed E-state index contributed by atoms with van der Waals surface area (Å²) < 4.78 is 0. The normalized spacial score (nSPS) is 12.4. The second-order valence-electron chi connectivity index (χ2n) is 4.19. The van der Waals surface area contributed by atoms with Crippen LogP contribution in [0.4, 0.5) is 0 Å². The molecule has 1 unspecified atom stereocenters. The lowest BCUT2D eigenvalue weighted by Crippen LogP contribution is -2.00. The van der Waals surface area contributed by atoms with E-state index in [0.717, 1.165) is 32.8 Å². The highest BCUT2D eigenvalue weighted by atomic mass is 35.5. The summed E-state index contributed by atoms with van der Waals surface area (Å²) in [5.41, 5.74) is 1.93. The van der Waals surface area contributed by atoms with E-state index in [0.29, 0.717) is 0 Å². The van der Waals surface area contributed by atoms with E-state index < -0.39 is 0 Å². The summed E-state index contributed by atoms with van der Waals surface area (Å²) in [6.45, 7) is 3.89. The second kappa shape index (κ2) is 6.60. The molecule has 1 aromatic carbocycles. The molecule has 5 heteroatoms. The smallest absolute Gasteiger partial charge is 0.138 e. The number of aromatic nitrogens is 2. The largest absolute Gasteiger partial charge is 0.240 e. The lowest BCUT2D eigenvalue weighted by molar-refractivity contribution is 0.924. The van der Waals surface area contributed by atoms with Crippen molar-refractivity contribution < 1.29 is 0 Å². The summed E-state index contributed by atoms with van der Waals surface area (Å²) in [5, 5.41) is 0.683. The van der Waals surface area contributed by atoms with E-state index in [1.165, 1.54) is 0 Å². The number of aryl methyl sites for hydroxylation is 1.